The van der Waals surface area contributed by atoms with Gasteiger partial charge in [-0.1, -0.05) is 160 Å². The van der Waals surface area contributed by atoms with Gasteiger partial charge in [0.15, 0.2) is 0 Å². The van der Waals surface area contributed by atoms with Crippen LogP contribution in [0.3, 0.4) is 0 Å². The van der Waals surface area contributed by atoms with Crippen molar-refractivity contribution in [1.82, 2.24) is 9.80 Å². The fourth-order valence-corrected chi connectivity index (χ4v) is 9.85. The van der Waals surface area contributed by atoms with Gasteiger partial charge >= 0.3 is 0 Å². The summed E-state index contributed by atoms with van der Waals surface area (Å²) in [7, 11) is 0. The smallest absolute Gasteiger partial charge is 0.270 e. The predicted molar refractivity (Wildman–Crippen MR) is 220 cm³/mol. The topological polar surface area (TPSA) is 74.3 Å². The molecular formula is C48H49N5O2. The highest BCUT2D eigenvalue weighted by atomic mass is 16.6. The molecule has 2 aliphatic heterocycles. The van der Waals surface area contributed by atoms with Gasteiger partial charge < -0.3 is 9.80 Å². The lowest BCUT2D eigenvalue weighted by Crippen LogP contribution is -2.43. The summed E-state index contributed by atoms with van der Waals surface area (Å²) in [6.45, 7) is 0. The monoisotopic (exact) mass is 727 g/mol. The normalized spacial score (nSPS) is 23.4. The molecule has 0 N–H and O–H groups in total. The molecule has 0 amide bonds. The van der Waals surface area contributed by atoms with Gasteiger partial charge in [0.2, 0.25) is 0 Å². The summed E-state index contributed by atoms with van der Waals surface area (Å²) in [5, 5.41) is 12.9. The van der Waals surface area contributed by atoms with Crippen LogP contribution in [0.2, 0.25) is 0 Å². The molecule has 7 nitrogen and oxygen atoms in total. The third-order valence-corrected chi connectivity index (χ3v) is 12.4. The number of amidine groups is 2. The molecule has 5 aromatic rings. The largest absolute Gasteiger partial charge is 0.344 e. The fraction of sp³-hybridized carbons (Fsp3) is 0.333. The zero-order valence-electron chi connectivity index (χ0n) is 31.4. The number of benzene rings is 5. The van der Waals surface area contributed by atoms with Crippen molar-refractivity contribution in [3.05, 3.63) is 183 Å². The Bertz CT molecular complexity index is 2000. The third kappa shape index (κ3) is 6.97. The highest BCUT2D eigenvalue weighted by Crippen LogP contribution is 2.49. The Hall–Kier alpha value is -5.56. The van der Waals surface area contributed by atoms with Crippen molar-refractivity contribution in [3.63, 3.8) is 0 Å². The van der Waals surface area contributed by atoms with Crippen LogP contribution in [0, 0.1) is 10.1 Å². The van der Waals surface area contributed by atoms with Gasteiger partial charge in [0.05, 0.1) is 17.0 Å². The number of aliphatic imine (C=N–C) groups is 2. The Morgan fingerprint density at radius 2 is 0.818 bits per heavy atom. The molecule has 0 spiro atoms. The molecule has 4 atom stereocenters. The van der Waals surface area contributed by atoms with Gasteiger partial charge in [-0.2, -0.15) is 0 Å². The summed E-state index contributed by atoms with van der Waals surface area (Å²) in [5.74, 6) is 1.70. The number of hydrogen-bond donors (Lipinski definition) is 0. The minimum Gasteiger partial charge on any atom is -0.344 e. The molecule has 0 aromatic heterocycles. The van der Waals surface area contributed by atoms with E-state index < -0.39 is 0 Å². The van der Waals surface area contributed by atoms with E-state index in [4.69, 9.17) is 9.98 Å². The quantitative estimate of drug-likeness (QED) is 0.112. The Morgan fingerprint density at radius 3 is 1.16 bits per heavy atom. The molecule has 0 radical (unpaired) electrons. The number of nitrogens with zero attached hydrogens (tertiary/aromatic N) is 5. The number of nitro groups is 1. The van der Waals surface area contributed by atoms with Crippen LogP contribution in [0.1, 0.15) is 122 Å². The first-order valence-corrected chi connectivity index (χ1v) is 20.4. The van der Waals surface area contributed by atoms with Crippen LogP contribution < -0.4 is 0 Å². The van der Waals surface area contributed by atoms with Crippen LogP contribution in [-0.2, 0) is 0 Å². The summed E-state index contributed by atoms with van der Waals surface area (Å²) in [6.07, 6.45) is 11.4. The molecule has 0 saturated heterocycles. The van der Waals surface area contributed by atoms with E-state index in [9.17, 15) is 10.1 Å². The van der Waals surface area contributed by atoms with Crippen LogP contribution in [0.5, 0.6) is 0 Å². The second-order valence-corrected chi connectivity index (χ2v) is 15.8. The van der Waals surface area contributed by atoms with Crippen molar-refractivity contribution in [1.29, 1.82) is 0 Å². The van der Waals surface area contributed by atoms with Gasteiger partial charge in [-0.05, 0) is 54.0 Å². The molecule has 0 bridgehead atoms. The number of nitro benzene ring substituents is 1. The van der Waals surface area contributed by atoms with Gasteiger partial charge in [-0.3, -0.25) is 20.1 Å². The van der Waals surface area contributed by atoms with Crippen LogP contribution in [0.25, 0.3) is 0 Å². The highest BCUT2D eigenvalue weighted by molar-refractivity contribution is 6.06. The first kappa shape index (κ1) is 35.2. The molecular weight excluding hydrogens is 679 g/mol. The molecule has 5 aromatic carbocycles. The van der Waals surface area contributed by atoms with Crippen LogP contribution in [0.4, 0.5) is 5.69 Å². The average Bonchev–Trinajstić information content (AvgIpc) is 3.86. The van der Waals surface area contributed by atoms with Crippen LogP contribution in [0.15, 0.2) is 150 Å². The second-order valence-electron chi connectivity index (χ2n) is 15.8. The Labute approximate surface area is 324 Å². The van der Waals surface area contributed by atoms with E-state index in [1.165, 1.54) is 49.7 Å². The lowest BCUT2D eigenvalue weighted by molar-refractivity contribution is -0.384. The minimum atomic E-state index is -0.235. The van der Waals surface area contributed by atoms with E-state index in [-0.39, 0.29) is 46.9 Å². The van der Waals surface area contributed by atoms with E-state index in [1.807, 2.05) is 0 Å². The van der Waals surface area contributed by atoms with Crippen LogP contribution >= 0.6 is 0 Å². The van der Waals surface area contributed by atoms with Gasteiger partial charge in [-0.25, -0.2) is 0 Å². The van der Waals surface area contributed by atoms with Gasteiger partial charge in [0.1, 0.15) is 23.8 Å². The minimum absolute atomic E-state index is 0.0307. The number of non-ortho nitro benzene ring substituents is 1. The zero-order valence-corrected chi connectivity index (χ0v) is 31.4. The van der Waals surface area contributed by atoms with Crippen molar-refractivity contribution in [2.75, 3.05) is 0 Å². The van der Waals surface area contributed by atoms with E-state index in [0.717, 1.165) is 59.6 Å². The summed E-state index contributed by atoms with van der Waals surface area (Å²) in [4.78, 5) is 29.0. The zero-order chi connectivity index (χ0) is 37.1. The summed E-state index contributed by atoms with van der Waals surface area (Å²) in [6, 6.07) is 48.5. The average molecular weight is 728 g/mol. The first-order valence-electron chi connectivity index (χ1n) is 20.4. The van der Waals surface area contributed by atoms with Gasteiger partial charge in [-0.15, -0.1) is 0 Å². The Kier molecular flexibility index (Phi) is 10.0. The molecule has 2 saturated carbocycles. The molecule has 4 aliphatic rings. The maximum absolute atomic E-state index is 12.9. The first-order chi connectivity index (χ1) is 27.1. The lowest BCUT2D eigenvalue weighted by Gasteiger charge is -2.40. The van der Waals surface area contributed by atoms with E-state index in [1.54, 1.807) is 12.1 Å². The SMILES string of the molecule is O=[N+]([O-])c1cc(C2=N[C@@H](c3ccccc3)[C@H](c3ccccc3)N2C2CCCCC2)cc(C2=N[C@@H](c3ccccc3)[C@H](c3ccccc3)N2C2CCCCC2)c1. The molecule has 2 heterocycles. The standard InChI is InChI=1S/C48H49N5O2/c54-53(55)42-32-38(47-49-43(34-19-7-1-8-20-34)45(36-23-11-3-12-24-36)51(47)40-27-15-5-16-28-40)31-39(33-42)48-50-44(35-21-9-2-10-22-35)46(37-25-13-4-14-26-37)52(48)41-29-17-6-18-30-41/h1-4,7-14,19-26,31-33,40-41,43-46H,5-6,15-18,27-30H2/t43-,44-,45-,46-/m0/s1. The van der Waals surface area contributed by atoms with Crippen molar-refractivity contribution >= 4 is 17.4 Å². The van der Waals surface area contributed by atoms with E-state index in [2.05, 4.69) is 137 Å². The lowest BCUT2D eigenvalue weighted by atomic mass is 9.88. The Balaban J connectivity index is 1.23. The van der Waals surface area contributed by atoms with Crippen LogP contribution in [-0.4, -0.2) is 38.5 Å². The van der Waals surface area contributed by atoms with Crippen molar-refractivity contribution < 1.29 is 4.92 Å². The molecule has 7 heteroatoms. The molecule has 55 heavy (non-hydrogen) atoms. The summed E-state index contributed by atoms with van der Waals surface area (Å²) >= 11 is 0. The summed E-state index contributed by atoms with van der Waals surface area (Å²) < 4.78 is 0. The maximum atomic E-state index is 12.9. The van der Waals surface area contributed by atoms with Crippen molar-refractivity contribution in [2.45, 2.75) is 100 Å². The molecule has 2 aliphatic carbocycles. The van der Waals surface area contributed by atoms with Gasteiger partial charge in [0, 0.05) is 35.3 Å². The molecule has 278 valence electrons. The highest BCUT2D eigenvalue weighted by Gasteiger charge is 2.45. The predicted octanol–water partition coefficient (Wildman–Crippen LogP) is 11.3. The van der Waals surface area contributed by atoms with E-state index >= 15 is 0 Å². The summed E-state index contributed by atoms with van der Waals surface area (Å²) in [5.41, 5.74) is 6.39. The maximum Gasteiger partial charge on any atom is 0.270 e. The van der Waals surface area contributed by atoms with Crippen molar-refractivity contribution in [2.24, 2.45) is 9.98 Å². The molecule has 2 fully saturated rings. The molecule has 9 rings (SSSR count). The van der Waals surface area contributed by atoms with Crippen molar-refractivity contribution in [3.8, 4) is 0 Å². The van der Waals surface area contributed by atoms with E-state index in [0.29, 0.717) is 0 Å². The second kappa shape index (κ2) is 15.7. The molecule has 0 unspecified atom stereocenters. The number of rotatable bonds is 9. The number of hydrogen-bond acceptors (Lipinski definition) is 6. The fourth-order valence-electron chi connectivity index (χ4n) is 9.85. The third-order valence-electron chi connectivity index (χ3n) is 12.4. The Morgan fingerprint density at radius 1 is 0.473 bits per heavy atom. The van der Waals surface area contributed by atoms with Gasteiger partial charge in [0.25, 0.3) is 5.69 Å².